The van der Waals surface area contributed by atoms with E-state index in [4.69, 9.17) is 22.1 Å². The van der Waals surface area contributed by atoms with E-state index in [2.05, 4.69) is 5.32 Å². The molecule has 1 aliphatic heterocycles. The molecule has 0 aromatic heterocycles. The van der Waals surface area contributed by atoms with Gasteiger partial charge in [-0.15, -0.1) is 12.4 Å². The number of benzene rings is 1. The van der Waals surface area contributed by atoms with Gasteiger partial charge in [-0.3, -0.25) is 9.59 Å². The molecule has 1 saturated heterocycles. The monoisotopic (exact) mass is 375 g/mol. The predicted octanol–water partition coefficient (Wildman–Crippen LogP) is 1.98. The highest BCUT2D eigenvalue weighted by molar-refractivity contribution is 6.31. The average Bonchev–Trinajstić information content (AvgIpc) is 2.89. The number of ether oxygens (including phenoxy) is 1. The highest BCUT2D eigenvalue weighted by atomic mass is 35.5. The van der Waals surface area contributed by atoms with E-state index >= 15 is 0 Å². The molecule has 0 saturated carbocycles. The van der Waals surface area contributed by atoms with Gasteiger partial charge in [-0.1, -0.05) is 11.6 Å². The van der Waals surface area contributed by atoms with Crippen LogP contribution >= 0.6 is 24.0 Å². The zero-order chi connectivity index (χ0) is 17.2. The van der Waals surface area contributed by atoms with Crippen LogP contribution in [0.3, 0.4) is 0 Å². The summed E-state index contributed by atoms with van der Waals surface area (Å²) in [5, 5.41) is 3.39. The minimum atomic E-state index is -0.499. The number of nitrogens with two attached hydrogens (primary N) is 1. The lowest BCUT2D eigenvalue weighted by Crippen LogP contribution is -2.51. The number of nitrogens with one attached hydrogen (secondary N) is 1. The Hall–Kier alpha value is -1.50. The molecule has 2 amide bonds. The lowest BCUT2D eigenvalue weighted by molar-refractivity contribution is -0.127. The van der Waals surface area contributed by atoms with Crippen LogP contribution in [-0.4, -0.2) is 37.6 Å². The SMILES string of the molecule is COc1ccc(Cl)cc1N1CC(C(=O)NC(C)(C)CN)CC1=O.Cl. The quantitative estimate of drug-likeness (QED) is 0.823. The summed E-state index contributed by atoms with van der Waals surface area (Å²) < 4.78 is 5.29. The summed E-state index contributed by atoms with van der Waals surface area (Å²) in [7, 11) is 1.53. The Bertz CT molecular complexity index is 623. The summed E-state index contributed by atoms with van der Waals surface area (Å²) in [6.45, 7) is 4.31. The molecule has 3 N–H and O–H groups in total. The molecular weight excluding hydrogens is 353 g/mol. The number of anilines is 1. The third-order valence-electron chi connectivity index (χ3n) is 3.90. The first-order chi connectivity index (χ1) is 10.8. The van der Waals surface area contributed by atoms with Gasteiger partial charge in [0.2, 0.25) is 11.8 Å². The standard InChI is InChI=1S/C16H22ClN3O3.ClH/c1-16(2,9-18)19-15(22)10-6-14(21)20(8-10)12-7-11(17)4-5-13(12)23-3;/h4-5,7,10H,6,8-9,18H2,1-3H3,(H,19,22);1H. The molecule has 2 rings (SSSR count). The van der Waals surface area contributed by atoms with E-state index in [1.165, 1.54) is 7.11 Å². The second-order valence-corrected chi connectivity index (χ2v) is 6.74. The molecule has 8 heteroatoms. The molecule has 6 nitrogen and oxygen atoms in total. The maximum Gasteiger partial charge on any atom is 0.227 e. The van der Waals surface area contributed by atoms with Gasteiger partial charge in [-0.2, -0.15) is 0 Å². The number of halogens is 2. The van der Waals surface area contributed by atoms with Gasteiger partial charge in [0.15, 0.2) is 0 Å². The van der Waals surface area contributed by atoms with Gasteiger partial charge in [0.1, 0.15) is 5.75 Å². The molecule has 1 heterocycles. The molecule has 0 spiro atoms. The van der Waals surface area contributed by atoms with E-state index in [1.807, 2.05) is 13.8 Å². The van der Waals surface area contributed by atoms with Crippen LogP contribution in [0, 0.1) is 5.92 Å². The Morgan fingerprint density at radius 3 is 2.75 bits per heavy atom. The van der Waals surface area contributed by atoms with Crippen molar-refractivity contribution in [1.29, 1.82) is 0 Å². The number of nitrogens with zero attached hydrogens (tertiary/aromatic N) is 1. The zero-order valence-electron chi connectivity index (χ0n) is 14.0. The Balaban J connectivity index is 0.00000288. The molecule has 1 aliphatic rings. The number of carbonyl (C=O) groups excluding carboxylic acids is 2. The molecule has 24 heavy (non-hydrogen) atoms. The molecule has 0 radical (unpaired) electrons. The number of rotatable bonds is 5. The molecule has 0 aliphatic carbocycles. The second kappa shape index (κ2) is 8.05. The molecule has 1 fully saturated rings. The van der Waals surface area contributed by atoms with E-state index in [0.29, 0.717) is 29.5 Å². The Morgan fingerprint density at radius 2 is 2.17 bits per heavy atom. The van der Waals surface area contributed by atoms with Gasteiger partial charge in [0.05, 0.1) is 18.7 Å². The average molecular weight is 376 g/mol. The molecule has 134 valence electrons. The lowest BCUT2D eigenvalue weighted by Gasteiger charge is -2.26. The predicted molar refractivity (Wildman–Crippen MR) is 97.0 cm³/mol. The van der Waals surface area contributed by atoms with Crippen molar-refractivity contribution in [1.82, 2.24) is 5.32 Å². The van der Waals surface area contributed by atoms with Crippen LogP contribution in [0.2, 0.25) is 5.02 Å². The molecule has 1 aromatic rings. The zero-order valence-corrected chi connectivity index (χ0v) is 15.5. The number of hydrogen-bond donors (Lipinski definition) is 2. The molecule has 1 unspecified atom stereocenters. The van der Waals surface area contributed by atoms with E-state index in [0.717, 1.165) is 0 Å². The van der Waals surface area contributed by atoms with Crippen molar-refractivity contribution in [2.45, 2.75) is 25.8 Å². The van der Waals surface area contributed by atoms with Crippen molar-refractivity contribution in [3.63, 3.8) is 0 Å². The summed E-state index contributed by atoms with van der Waals surface area (Å²) in [4.78, 5) is 26.2. The fourth-order valence-corrected chi connectivity index (χ4v) is 2.64. The first-order valence-electron chi connectivity index (χ1n) is 7.43. The van der Waals surface area contributed by atoms with Crippen LogP contribution in [0.15, 0.2) is 18.2 Å². The highest BCUT2D eigenvalue weighted by Gasteiger charge is 2.37. The Kier molecular flexibility index (Phi) is 6.89. The lowest BCUT2D eigenvalue weighted by atomic mass is 10.0. The Morgan fingerprint density at radius 1 is 1.50 bits per heavy atom. The first kappa shape index (κ1) is 20.5. The van der Waals surface area contributed by atoms with Crippen molar-refractivity contribution in [2.75, 3.05) is 25.1 Å². The van der Waals surface area contributed by atoms with Gasteiger partial charge >= 0.3 is 0 Å². The number of carbonyl (C=O) groups is 2. The van der Waals surface area contributed by atoms with Crippen molar-refractivity contribution >= 4 is 41.5 Å². The summed E-state index contributed by atoms with van der Waals surface area (Å²) in [6.07, 6.45) is 0.155. The van der Waals surface area contributed by atoms with Crippen LogP contribution in [0.4, 0.5) is 5.69 Å². The van der Waals surface area contributed by atoms with Crippen LogP contribution in [0.1, 0.15) is 20.3 Å². The third-order valence-corrected chi connectivity index (χ3v) is 4.13. The fourth-order valence-electron chi connectivity index (χ4n) is 2.48. The number of methoxy groups -OCH3 is 1. The molecular formula is C16H23Cl2N3O3. The van der Waals surface area contributed by atoms with Crippen molar-refractivity contribution in [3.05, 3.63) is 23.2 Å². The normalized spacial score (nSPS) is 17.5. The van der Waals surface area contributed by atoms with Gasteiger partial charge in [0, 0.05) is 30.1 Å². The maximum atomic E-state index is 12.4. The highest BCUT2D eigenvalue weighted by Crippen LogP contribution is 2.35. The largest absolute Gasteiger partial charge is 0.495 e. The molecule has 0 bridgehead atoms. The molecule has 1 atom stereocenters. The van der Waals surface area contributed by atoms with Crippen LogP contribution in [0.25, 0.3) is 0 Å². The first-order valence-corrected chi connectivity index (χ1v) is 7.81. The topological polar surface area (TPSA) is 84.7 Å². The smallest absolute Gasteiger partial charge is 0.227 e. The van der Waals surface area contributed by atoms with Crippen LogP contribution in [0.5, 0.6) is 5.75 Å². The van der Waals surface area contributed by atoms with Gasteiger partial charge < -0.3 is 20.7 Å². The summed E-state index contributed by atoms with van der Waals surface area (Å²) >= 11 is 6.02. The maximum absolute atomic E-state index is 12.4. The second-order valence-electron chi connectivity index (χ2n) is 6.30. The number of amides is 2. The third kappa shape index (κ3) is 4.53. The van der Waals surface area contributed by atoms with Crippen LogP contribution in [-0.2, 0) is 9.59 Å². The van der Waals surface area contributed by atoms with E-state index in [9.17, 15) is 9.59 Å². The van der Waals surface area contributed by atoms with Crippen LogP contribution < -0.4 is 20.7 Å². The summed E-state index contributed by atoms with van der Waals surface area (Å²) in [5.74, 6) is -0.170. The summed E-state index contributed by atoms with van der Waals surface area (Å²) in [6, 6.07) is 5.07. The summed E-state index contributed by atoms with van der Waals surface area (Å²) in [5.41, 5.74) is 5.71. The van der Waals surface area contributed by atoms with Gasteiger partial charge in [-0.05, 0) is 32.0 Å². The van der Waals surface area contributed by atoms with Crippen molar-refractivity contribution in [2.24, 2.45) is 11.7 Å². The fraction of sp³-hybridized carbons (Fsp3) is 0.500. The van der Waals surface area contributed by atoms with Crippen molar-refractivity contribution < 1.29 is 14.3 Å². The molecule has 1 aromatic carbocycles. The van der Waals surface area contributed by atoms with E-state index < -0.39 is 11.5 Å². The van der Waals surface area contributed by atoms with Gasteiger partial charge in [0.25, 0.3) is 0 Å². The van der Waals surface area contributed by atoms with E-state index in [1.54, 1.807) is 23.1 Å². The minimum absolute atomic E-state index is 0. The minimum Gasteiger partial charge on any atom is -0.495 e. The van der Waals surface area contributed by atoms with Gasteiger partial charge in [-0.25, -0.2) is 0 Å². The number of hydrogen-bond acceptors (Lipinski definition) is 4. The Labute approximate surface area is 153 Å². The van der Waals surface area contributed by atoms with Crippen molar-refractivity contribution in [3.8, 4) is 5.75 Å². The van der Waals surface area contributed by atoms with E-state index in [-0.39, 0.29) is 30.6 Å².